The highest BCUT2D eigenvalue weighted by Crippen LogP contribution is 2.15. The van der Waals surface area contributed by atoms with Gasteiger partial charge in [-0.2, -0.15) is 0 Å². The van der Waals surface area contributed by atoms with Gasteiger partial charge < -0.3 is 4.74 Å². The fourth-order valence-corrected chi connectivity index (χ4v) is 1.13. The normalized spacial score (nSPS) is 12.2. The van der Waals surface area contributed by atoms with Crippen molar-refractivity contribution in [2.24, 2.45) is 0 Å². The van der Waals surface area contributed by atoms with Crippen LogP contribution in [0.25, 0.3) is 0 Å². The molecule has 0 aliphatic rings. The number of aromatic nitrogens is 2. The molecule has 0 amide bonds. The molecule has 1 rings (SSSR count). The van der Waals surface area contributed by atoms with Gasteiger partial charge in [-0.1, -0.05) is 0 Å². The van der Waals surface area contributed by atoms with Gasteiger partial charge in [-0.15, -0.1) is 0 Å². The van der Waals surface area contributed by atoms with Crippen molar-refractivity contribution in [1.29, 1.82) is 0 Å². The summed E-state index contributed by atoms with van der Waals surface area (Å²) in [7, 11) is 1.37. The van der Waals surface area contributed by atoms with E-state index in [2.05, 4.69) is 14.7 Å². The molecule has 0 bridgehead atoms. The third-order valence-electron chi connectivity index (χ3n) is 1.88. The first-order valence-electron chi connectivity index (χ1n) is 4.02. The molecule has 0 aliphatic heterocycles. The van der Waals surface area contributed by atoms with Crippen molar-refractivity contribution in [2.45, 2.75) is 19.8 Å². The van der Waals surface area contributed by atoms with Crippen LogP contribution in [0.5, 0.6) is 0 Å². The van der Waals surface area contributed by atoms with Gasteiger partial charge in [-0.3, -0.25) is 14.8 Å². The van der Waals surface area contributed by atoms with Crippen molar-refractivity contribution in [3.63, 3.8) is 0 Å². The lowest BCUT2D eigenvalue weighted by molar-refractivity contribution is -0.142. The van der Waals surface area contributed by atoms with Crippen molar-refractivity contribution in [3.8, 4) is 0 Å². The monoisotopic (exact) mass is 180 g/mol. The minimum absolute atomic E-state index is 0.288. The molecule has 1 aromatic rings. The minimum Gasteiger partial charge on any atom is -0.469 e. The lowest BCUT2D eigenvalue weighted by Gasteiger charge is -2.09. The van der Waals surface area contributed by atoms with E-state index in [1.54, 1.807) is 19.3 Å². The van der Waals surface area contributed by atoms with Crippen LogP contribution in [-0.4, -0.2) is 23.0 Å². The van der Waals surface area contributed by atoms with Gasteiger partial charge in [0.2, 0.25) is 0 Å². The third kappa shape index (κ3) is 2.02. The van der Waals surface area contributed by atoms with Gasteiger partial charge in [0.15, 0.2) is 0 Å². The molecule has 13 heavy (non-hydrogen) atoms. The van der Waals surface area contributed by atoms with E-state index in [-0.39, 0.29) is 11.9 Å². The number of methoxy groups -OCH3 is 1. The molecule has 0 fully saturated rings. The van der Waals surface area contributed by atoms with Crippen LogP contribution in [0, 0.1) is 6.92 Å². The van der Waals surface area contributed by atoms with E-state index in [0.717, 1.165) is 5.69 Å². The molecule has 0 aromatic carbocycles. The third-order valence-corrected chi connectivity index (χ3v) is 1.88. The number of hydrogen-bond acceptors (Lipinski definition) is 4. The Morgan fingerprint density at radius 3 is 2.62 bits per heavy atom. The van der Waals surface area contributed by atoms with Crippen molar-refractivity contribution in [3.05, 3.63) is 23.8 Å². The molecule has 4 nitrogen and oxygen atoms in total. The molecule has 0 radical (unpaired) electrons. The number of rotatable bonds is 2. The fraction of sp³-hybridized carbons (Fsp3) is 0.444. The topological polar surface area (TPSA) is 52.1 Å². The molecule has 4 heteroatoms. The summed E-state index contributed by atoms with van der Waals surface area (Å²) < 4.78 is 4.61. The molecule has 1 aromatic heterocycles. The van der Waals surface area contributed by atoms with Gasteiger partial charge in [0.25, 0.3) is 0 Å². The molecule has 70 valence electrons. The molecular weight excluding hydrogens is 168 g/mol. The molecule has 0 saturated heterocycles. The summed E-state index contributed by atoms with van der Waals surface area (Å²) in [5.41, 5.74) is 1.44. The van der Waals surface area contributed by atoms with E-state index < -0.39 is 0 Å². The molecular formula is C9H12N2O2. The fourth-order valence-electron chi connectivity index (χ4n) is 1.13. The van der Waals surface area contributed by atoms with E-state index in [0.29, 0.717) is 5.69 Å². The summed E-state index contributed by atoms with van der Waals surface area (Å²) in [6.07, 6.45) is 3.17. The predicted molar refractivity (Wildman–Crippen MR) is 47.2 cm³/mol. The summed E-state index contributed by atoms with van der Waals surface area (Å²) in [6.45, 7) is 3.57. The summed E-state index contributed by atoms with van der Waals surface area (Å²) in [6, 6.07) is 0. The molecule has 0 spiro atoms. The summed E-state index contributed by atoms with van der Waals surface area (Å²) in [5, 5.41) is 0. The van der Waals surface area contributed by atoms with E-state index in [4.69, 9.17) is 0 Å². The number of hydrogen-bond donors (Lipinski definition) is 0. The van der Waals surface area contributed by atoms with Gasteiger partial charge in [0.1, 0.15) is 0 Å². The van der Waals surface area contributed by atoms with Gasteiger partial charge in [0.05, 0.1) is 24.4 Å². The zero-order valence-electron chi connectivity index (χ0n) is 7.94. The number of ether oxygens (including phenoxy) is 1. The number of nitrogens with zero attached hydrogens (tertiary/aromatic N) is 2. The zero-order valence-corrected chi connectivity index (χ0v) is 7.94. The average molecular weight is 180 g/mol. The molecule has 0 N–H and O–H groups in total. The first kappa shape index (κ1) is 9.64. The van der Waals surface area contributed by atoms with E-state index in [1.165, 1.54) is 7.11 Å². The van der Waals surface area contributed by atoms with E-state index in [1.807, 2.05) is 6.92 Å². The van der Waals surface area contributed by atoms with Gasteiger partial charge >= 0.3 is 5.97 Å². The van der Waals surface area contributed by atoms with Gasteiger partial charge in [-0.25, -0.2) is 0 Å². The Hall–Kier alpha value is -1.45. The van der Waals surface area contributed by atoms with Crippen LogP contribution in [-0.2, 0) is 9.53 Å². The molecule has 1 unspecified atom stereocenters. The average Bonchev–Trinajstić information content (AvgIpc) is 2.16. The largest absolute Gasteiger partial charge is 0.469 e. The Labute approximate surface area is 77.0 Å². The second-order valence-electron chi connectivity index (χ2n) is 2.77. The SMILES string of the molecule is COC(=O)C(C)c1nccnc1C. The van der Waals surface area contributed by atoms with E-state index >= 15 is 0 Å². The van der Waals surface area contributed by atoms with Crippen molar-refractivity contribution >= 4 is 5.97 Å². The first-order valence-corrected chi connectivity index (χ1v) is 4.02. The minimum atomic E-state index is -0.348. The van der Waals surface area contributed by atoms with Crippen molar-refractivity contribution < 1.29 is 9.53 Å². The van der Waals surface area contributed by atoms with Crippen LogP contribution in [0.4, 0.5) is 0 Å². The van der Waals surface area contributed by atoms with Crippen LogP contribution in [0.15, 0.2) is 12.4 Å². The first-order chi connectivity index (χ1) is 6.16. The van der Waals surface area contributed by atoms with Crippen molar-refractivity contribution in [2.75, 3.05) is 7.11 Å². The maximum Gasteiger partial charge on any atom is 0.314 e. The Morgan fingerprint density at radius 2 is 2.08 bits per heavy atom. The van der Waals surface area contributed by atoms with Crippen LogP contribution in [0.1, 0.15) is 24.2 Å². The summed E-state index contributed by atoms with van der Waals surface area (Å²) in [4.78, 5) is 19.3. The summed E-state index contributed by atoms with van der Waals surface area (Å²) in [5.74, 6) is -0.637. The van der Waals surface area contributed by atoms with Crippen LogP contribution < -0.4 is 0 Å². The number of esters is 1. The van der Waals surface area contributed by atoms with Gasteiger partial charge in [0, 0.05) is 12.4 Å². The lowest BCUT2D eigenvalue weighted by Crippen LogP contribution is -2.14. The Balaban J connectivity index is 2.95. The van der Waals surface area contributed by atoms with Crippen LogP contribution in [0.2, 0.25) is 0 Å². The van der Waals surface area contributed by atoms with E-state index in [9.17, 15) is 4.79 Å². The maximum atomic E-state index is 11.2. The van der Waals surface area contributed by atoms with Crippen LogP contribution in [0.3, 0.4) is 0 Å². The number of carbonyl (C=O) groups is 1. The second-order valence-corrected chi connectivity index (χ2v) is 2.77. The standard InChI is InChI=1S/C9H12N2O2/c1-6(9(12)13-3)8-7(2)10-4-5-11-8/h4-6H,1-3H3. The smallest absolute Gasteiger partial charge is 0.314 e. The quantitative estimate of drug-likeness (QED) is 0.638. The molecule has 1 heterocycles. The van der Waals surface area contributed by atoms with Crippen molar-refractivity contribution in [1.82, 2.24) is 9.97 Å². The molecule has 1 atom stereocenters. The molecule has 0 saturated carbocycles. The Bertz CT molecular complexity index is 312. The number of aryl methyl sites for hydroxylation is 1. The second kappa shape index (κ2) is 3.98. The lowest BCUT2D eigenvalue weighted by atomic mass is 10.1. The number of carbonyl (C=O) groups excluding carboxylic acids is 1. The summed E-state index contributed by atoms with van der Waals surface area (Å²) >= 11 is 0. The molecule has 0 aliphatic carbocycles. The van der Waals surface area contributed by atoms with Gasteiger partial charge in [-0.05, 0) is 13.8 Å². The zero-order chi connectivity index (χ0) is 9.84. The highest BCUT2D eigenvalue weighted by molar-refractivity contribution is 5.77. The highest BCUT2D eigenvalue weighted by atomic mass is 16.5. The maximum absolute atomic E-state index is 11.2. The Kier molecular flexibility index (Phi) is 2.95. The highest BCUT2D eigenvalue weighted by Gasteiger charge is 2.18. The Morgan fingerprint density at radius 1 is 1.46 bits per heavy atom. The van der Waals surface area contributed by atoms with Crippen LogP contribution >= 0.6 is 0 Å². The predicted octanol–water partition coefficient (Wildman–Crippen LogP) is 1.06.